The van der Waals surface area contributed by atoms with Crippen molar-refractivity contribution in [2.45, 2.75) is 13.8 Å². The van der Waals surface area contributed by atoms with Crippen LogP contribution >= 0.6 is 11.6 Å². The van der Waals surface area contributed by atoms with E-state index in [1.165, 1.54) is 0 Å². The maximum atomic E-state index is 11.3. The van der Waals surface area contributed by atoms with Crippen LogP contribution in [-0.2, 0) is 14.4 Å². The van der Waals surface area contributed by atoms with Gasteiger partial charge in [-0.25, -0.2) is 0 Å². The van der Waals surface area contributed by atoms with Crippen LogP contribution in [0.3, 0.4) is 0 Å². The number of carbonyl (C=O) groups is 3. The lowest BCUT2D eigenvalue weighted by atomic mass is 10.2. The van der Waals surface area contributed by atoms with Crippen molar-refractivity contribution < 1.29 is 14.4 Å². The van der Waals surface area contributed by atoms with Crippen molar-refractivity contribution in [1.29, 1.82) is 0 Å². The molecule has 13 heavy (non-hydrogen) atoms. The van der Waals surface area contributed by atoms with Gasteiger partial charge < -0.3 is 0 Å². The number of hydrogen-bond acceptors (Lipinski definition) is 3. The fourth-order valence-corrected chi connectivity index (χ4v) is 1.21. The average molecular weight is 202 g/mol. The molecule has 1 aliphatic heterocycles. The third-order valence-corrected chi connectivity index (χ3v) is 2.10. The van der Waals surface area contributed by atoms with Gasteiger partial charge in [0.25, 0.3) is 11.8 Å². The third kappa shape index (κ3) is 1.62. The van der Waals surface area contributed by atoms with Gasteiger partial charge >= 0.3 is 0 Å². The molecule has 0 atom stereocenters. The number of hydrogen-bond donors (Lipinski definition) is 0. The van der Waals surface area contributed by atoms with Gasteiger partial charge in [-0.05, 0) is 25.4 Å². The van der Waals surface area contributed by atoms with Gasteiger partial charge in [0, 0.05) is 11.1 Å². The molecule has 0 bridgehead atoms. The maximum absolute atomic E-state index is 11.3. The molecule has 0 aromatic rings. The molecule has 1 aliphatic rings. The molecular weight excluding hydrogens is 194 g/mol. The fourth-order valence-electron chi connectivity index (χ4n) is 1.09. The van der Waals surface area contributed by atoms with E-state index in [0.717, 1.165) is 4.90 Å². The Morgan fingerprint density at radius 1 is 1.23 bits per heavy atom. The van der Waals surface area contributed by atoms with E-state index in [4.69, 9.17) is 11.6 Å². The highest BCUT2D eigenvalue weighted by Gasteiger charge is 2.33. The Labute approximate surface area is 80.1 Å². The van der Waals surface area contributed by atoms with Gasteiger partial charge in [-0.1, -0.05) is 0 Å². The quantitative estimate of drug-likeness (QED) is 0.482. The summed E-state index contributed by atoms with van der Waals surface area (Å²) in [5.41, 5.74) is 0.755. The molecule has 0 spiro atoms. The lowest BCUT2D eigenvalue weighted by Crippen LogP contribution is -2.34. The first kappa shape index (κ1) is 9.92. The Morgan fingerprint density at radius 2 is 1.62 bits per heavy atom. The molecule has 0 aromatic carbocycles. The molecule has 5 heteroatoms. The maximum Gasteiger partial charge on any atom is 0.257 e. The summed E-state index contributed by atoms with van der Waals surface area (Å²) in [6.07, 6.45) is 0. The minimum atomic E-state index is -0.718. The van der Waals surface area contributed by atoms with E-state index in [-0.39, 0.29) is 6.54 Å². The molecule has 0 N–H and O–H groups in total. The molecule has 0 saturated carbocycles. The molecule has 0 unspecified atom stereocenters. The Hall–Kier alpha value is -1.16. The van der Waals surface area contributed by atoms with Crippen molar-refractivity contribution in [3.05, 3.63) is 11.1 Å². The van der Waals surface area contributed by atoms with Crippen LogP contribution in [0.15, 0.2) is 11.1 Å². The van der Waals surface area contributed by atoms with Crippen molar-refractivity contribution in [3.63, 3.8) is 0 Å². The van der Waals surface area contributed by atoms with Crippen LogP contribution in [0.5, 0.6) is 0 Å². The topological polar surface area (TPSA) is 54.5 Å². The number of halogens is 1. The molecule has 0 aliphatic carbocycles. The van der Waals surface area contributed by atoms with Crippen molar-refractivity contribution >= 4 is 28.7 Å². The SMILES string of the molecule is CC1=C(C)C(=O)N(CC(=O)Cl)C1=O. The predicted molar refractivity (Wildman–Crippen MR) is 46.0 cm³/mol. The van der Waals surface area contributed by atoms with Gasteiger partial charge in [-0.15, -0.1) is 0 Å². The zero-order valence-electron chi connectivity index (χ0n) is 7.26. The summed E-state index contributed by atoms with van der Waals surface area (Å²) >= 11 is 5.08. The summed E-state index contributed by atoms with van der Waals surface area (Å²) in [5.74, 6) is -0.868. The van der Waals surface area contributed by atoms with Crippen molar-refractivity contribution in [2.75, 3.05) is 6.54 Å². The van der Waals surface area contributed by atoms with Crippen LogP contribution < -0.4 is 0 Å². The minimum absolute atomic E-state index is 0.353. The largest absolute Gasteiger partial charge is 0.279 e. The standard InChI is InChI=1S/C8H8ClNO3/c1-4-5(2)8(13)10(7(4)12)3-6(9)11/h3H2,1-2H3. The van der Waals surface area contributed by atoms with E-state index in [1.54, 1.807) is 13.8 Å². The van der Waals surface area contributed by atoms with E-state index in [0.29, 0.717) is 11.1 Å². The lowest BCUT2D eigenvalue weighted by Gasteiger charge is -2.10. The van der Waals surface area contributed by atoms with Crippen LogP contribution in [0.25, 0.3) is 0 Å². The normalized spacial score (nSPS) is 17.3. The van der Waals surface area contributed by atoms with Crippen molar-refractivity contribution in [3.8, 4) is 0 Å². The van der Waals surface area contributed by atoms with Crippen LogP contribution in [0.1, 0.15) is 13.8 Å². The number of nitrogens with zero attached hydrogens (tertiary/aromatic N) is 1. The first-order chi connectivity index (χ1) is 5.95. The van der Waals surface area contributed by atoms with Gasteiger partial charge in [0.15, 0.2) is 0 Å². The van der Waals surface area contributed by atoms with Gasteiger partial charge in [0.2, 0.25) is 5.24 Å². The Balaban J connectivity index is 2.91. The lowest BCUT2D eigenvalue weighted by molar-refractivity contribution is -0.139. The Kier molecular flexibility index (Phi) is 2.52. The molecule has 70 valence electrons. The van der Waals surface area contributed by atoms with E-state index >= 15 is 0 Å². The number of imide groups is 1. The second kappa shape index (κ2) is 3.30. The highest BCUT2D eigenvalue weighted by Crippen LogP contribution is 2.19. The zero-order valence-corrected chi connectivity index (χ0v) is 8.01. The van der Waals surface area contributed by atoms with Crippen LogP contribution in [0.4, 0.5) is 0 Å². The molecule has 1 heterocycles. The van der Waals surface area contributed by atoms with Gasteiger partial charge in [-0.2, -0.15) is 0 Å². The monoisotopic (exact) mass is 201 g/mol. The molecule has 0 saturated heterocycles. The average Bonchev–Trinajstić information content (AvgIpc) is 2.22. The number of carbonyl (C=O) groups excluding carboxylic acids is 3. The summed E-state index contributed by atoms with van der Waals surface area (Å²) in [4.78, 5) is 33.9. The Morgan fingerprint density at radius 3 is 1.92 bits per heavy atom. The highest BCUT2D eigenvalue weighted by molar-refractivity contribution is 6.64. The van der Waals surface area contributed by atoms with Gasteiger partial charge in [0.1, 0.15) is 6.54 Å². The summed E-state index contributed by atoms with van der Waals surface area (Å²) in [6.45, 7) is 2.75. The number of rotatable bonds is 2. The molecule has 1 rings (SSSR count). The van der Waals surface area contributed by atoms with Crippen LogP contribution in [0, 0.1) is 0 Å². The van der Waals surface area contributed by atoms with E-state index in [1.807, 2.05) is 0 Å². The molecule has 0 radical (unpaired) electrons. The second-order valence-electron chi connectivity index (χ2n) is 2.80. The van der Waals surface area contributed by atoms with E-state index in [9.17, 15) is 14.4 Å². The van der Waals surface area contributed by atoms with Crippen molar-refractivity contribution in [2.24, 2.45) is 0 Å². The second-order valence-corrected chi connectivity index (χ2v) is 3.22. The fraction of sp³-hybridized carbons (Fsp3) is 0.375. The molecule has 2 amide bonds. The zero-order chi connectivity index (χ0) is 10.2. The van der Waals surface area contributed by atoms with Crippen LogP contribution in [-0.4, -0.2) is 28.5 Å². The summed E-state index contributed by atoms with van der Waals surface area (Å²) in [6, 6.07) is 0. The summed E-state index contributed by atoms with van der Waals surface area (Å²) in [7, 11) is 0. The first-order valence-corrected chi connectivity index (χ1v) is 4.05. The molecule has 0 fully saturated rings. The Bertz CT molecular complexity index is 308. The summed E-state index contributed by atoms with van der Waals surface area (Å²) < 4.78 is 0. The number of amides is 2. The van der Waals surface area contributed by atoms with Gasteiger partial charge in [0.05, 0.1) is 0 Å². The molecule has 0 aromatic heterocycles. The minimum Gasteiger partial charge on any atom is -0.279 e. The molecule has 4 nitrogen and oxygen atoms in total. The van der Waals surface area contributed by atoms with Gasteiger partial charge in [-0.3, -0.25) is 19.3 Å². The molecular formula is C8H8ClNO3. The predicted octanol–water partition coefficient (Wildman–Crippen LogP) is 0.457. The van der Waals surface area contributed by atoms with Crippen molar-refractivity contribution in [1.82, 2.24) is 4.90 Å². The third-order valence-electron chi connectivity index (χ3n) is 1.98. The first-order valence-electron chi connectivity index (χ1n) is 3.67. The van der Waals surface area contributed by atoms with Crippen LogP contribution in [0.2, 0.25) is 0 Å². The summed E-state index contributed by atoms with van der Waals surface area (Å²) in [5, 5.41) is -0.718. The smallest absolute Gasteiger partial charge is 0.257 e. The van der Waals surface area contributed by atoms with E-state index < -0.39 is 17.1 Å². The van der Waals surface area contributed by atoms with E-state index in [2.05, 4.69) is 0 Å². The highest BCUT2D eigenvalue weighted by atomic mass is 35.5.